The van der Waals surface area contributed by atoms with Gasteiger partial charge in [-0.05, 0) is 97.5 Å². The van der Waals surface area contributed by atoms with Gasteiger partial charge in [0.15, 0.2) is 0 Å². The molecule has 0 bridgehead atoms. The van der Waals surface area contributed by atoms with Crippen molar-refractivity contribution in [3.05, 3.63) is 106 Å². The zero-order chi connectivity index (χ0) is 46.5. The number of methoxy groups -OCH3 is 3. The Morgan fingerprint density at radius 1 is 1.00 bits per heavy atom. The monoisotopic (exact) mass is 900 g/mol. The smallest absolute Gasteiger partial charge is 0.417 e. The van der Waals surface area contributed by atoms with Gasteiger partial charge < -0.3 is 43.5 Å². The maximum absolute atomic E-state index is 13.9. The maximum atomic E-state index is 13.9. The van der Waals surface area contributed by atoms with E-state index in [1.165, 1.54) is 33.5 Å². The van der Waals surface area contributed by atoms with Gasteiger partial charge in [-0.1, -0.05) is 37.1 Å². The molecule has 65 heavy (non-hydrogen) atoms. The summed E-state index contributed by atoms with van der Waals surface area (Å²) < 4.78 is 36.3. The molecule has 17 heteroatoms. The van der Waals surface area contributed by atoms with Gasteiger partial charge in [-0.2, -0.15) is 0 Å². The van der Waals surface area contributed by atoms with Crippen molar-refractivity contribution in [2.24, 2.45) is 22.9 Å². The van der Waals surface area contributed by atoms with E-state index in [2.05, 4.69) is 18.0 Å². The number of carbonyl (C=O) groups excluding carboxylic acids is 2. The normalized spacial score (nSPS) is 22.3. The fourth-order valence-electron chi connectivity index (χ4n) is 9.49. The standard InChI is InChI=1S/C48H60N4O13/c1-6-22-51(47(56)61-5)43-29-40(50-63-30-31-14-16-33(17-15-31)52(57)58)37-26-32(12-8-10-23-53)36(13-9-11-24-54)44-38-27-35(19-21-41(38)65-48(43,45(37)44)62-25-7-2)64-46(55)49-39-20-18-34(59-3)28-42(39)60-4/h7,14-21,26-28,32,36,43-45,53-54H,2,6,8-13,22-25,29-30H2,1,3-5H3,(H,49,55). The number of amides is 2. The van der Waals surface area contributed by atoms with Gasteiger partial charge in [0.05, 0.1) is 50.2 Å². The molecular weight excluding hydrogens is 841 g/mol. The van der Waals surface area contributed by atoms with E-state index in [0.29, 0.717) is 72.9 Å². The zero-order valence-corrected chi connectivity index (χ0v) is 37.4. The lowest BCUT2D eigenvalue weighted by molar-refractivity contribution is -0.384. The van der Waals surface area contributed by atoms with Gasteiger partial charge in [0.1, 0.15) is 35.6 Å². The summed E-state index contributed by atoms with van der Waals surface area (Å²) >= 11 is 0. The van der Waals surface area contributed by atoms with Crippen molar-refractivity contribution >= 4 is 29.3 Å². The summed E-state index contributed by atoms with van der Waals surface area (Å²) in [6.07, 6.45) is 7.26. The molecule has 0 aromatic heterocycles. The molecule has 1 saturated carbocycles. The van der Waals surface area contributed by atoms with Crippen molar-refractivity contribution < 1.29 is 58.0 Å². The van der Waals surface area contributed by atoms with E-state index in [0.717, 1.165) is 24.0 Å². The Morgan fingerprint density at radius 3 is 2.40 bits per heavy atom. The number of non-ortho nitro benzene ring substituents is 1. The molecule has 6 unspecified atom stereocenters. The van der Waals surface area contributed by atoms with Crippen LogP contribution in [0.3, 0.4) is 0 Å². The highest BCUT2D eigenvalue weighted by Crippen LogP contribution is 2.62. The number of oxime groups is 1. The lowest BCUT2D eigenvalue weighted by Crippen LogP contribution is -2.70. The summed E-state index contributed by atoms with van der Waals surface area (Å²) in [6, 6.07) is 15.4. The highest BCUT2D eigenvalue weighted by Gasteiger charge is 2.65. The molecule has 3 N–H and O–H groups in total. The van der Waals surface area contributed by atoms with Gasteiger partial charge in [0.25, 0.3) is 5.69 Å². The molecule has 3 aromatic rings. The number of unbranched alkanes of at least 4 members (excludes halogenated alkanes) is 2. The molecule has 0 radical (unpaired) electrons. The third kappa shape index (κ3) is 10.9. The van der Waals surface area contributed by atoms with E-state index in [1.807, 2.05) is 13.0 Å². The highest BCUT2D eigenvalue weighted by molar-refractivity contribution is 6.03. The molecule has 2 amide bonds. The second-order valence-corrected chi connectivity index (χ2v) is 16.2. The first-order chi connectivity index (χ1) is 31.5. The Bertz CT molecular complexity index is 2200. The van der Waals surface area contributed by atoms with Gasteiger partial charge in [-0.15, -0.1) is 6.58 Å². The second kappa shape index (κ2) is 22.6. The van der Waals surface area contributed by atoms with E-state index in [-0.39, 0.29) is 56.1 Å². The zero-order valence-electron chi connectivity index (χ0n) is 37.4. The van der Waals surface area contributed by atoms with Crippen LogP contribution in [0.25, 0.3) is 0 Å². The highest BCUT2D eigenvalue weighted by atomic mass is 16.7. The number of allylic oxidation sites excluding steroid dienone is 1. The molecular formula is C48H60N4O13. The average molecular weight is 901 g/mol. The molecule has 6 rings (SSSR count). The Hall–Kier alpha value is -6.17. The number of nitrogens with zero attached hydrogens (tertiary/aromatic N) is 3. The van der Waals surface area contributed by atoms with Crippen molar-refractivity contribution in [1.82, 2.24) is 4.90 Å². The predicted molar refractivity (Wildman–Crippen MR) is 241 cm³/mol. The third-order valence-electron chi connectivity index (χ3n) is 12.3. The van der Waals surface area contributed by atoms with Crippen LogP contribution in [0.15, 0.2) is 90.1 Å². The van der Waals surface area contributed by atoms with Gasteiger partial charge >= 0.3 is 12.2 Å². The summed E-state index contributed by atoms with van der Waals surface area (Å²) in [5.41, 5.74) is 3.10. The number of aliphatic hydroxyl groups is 2. The molecule has 2 aliphatic carbocycles. The minimum absolute atomic E-state index is 0.00945. The molecule has 1 heterocycles. The number of hydrogen-bond acceptors (Lipinski definition) is 14. The predicted octanol–water partition coefficient (Wildman–Crippen LogP) is 8.54. The number of hydrogen-bond donors (Lipinski definition) is 3. The first kappa shape index (κ1) is 48.3. The molecule has 350 valence electrons. The summed E-state index contributed by atoms with van der Waals surface area (Å²) in [5.74, 6) is -1.04. The number of rotatable bonds is 22. The summed E-state index contributed by atoms with van der Waals surface area (Å²) in [6.45, 7) is 6.36. The molecule has 0 saturated heterocycles. The van der Waals surface area contributed by atoms with Crippen molar-refractivity contribution in [3.63, 3.8) is 0 Å². The second-order valence-electron chi connectivity index (χ2n) is 16.2. The van der Waals surface area contributed by atoms with Gasteiger partial charge in [-0.3, -0.25) is 20.3 Å². The first-order valence-corrected chi connectivity index (χ1v) is 22.0. The minimum Gasteiger partial charge on any atom is -0.497 e. The quantitative estimate of drug-likeness (QED) is 0.0374. The van der Waals surface area contributed by atoms with Crippen LogP contribution in [0, 0.1) is 27.9 Å². The molecule has 6 atom stereocenters. The molecule has 0 spiro atoms. The largest absolute Gasteiger partial charge is 0.497 e. The number of nitrogens with one attached hydrogen (secondary N) is 1. The maximum Gasteiger partial charge on any atom is 0.417 e. The molecule has 3 aromatic carbocycles. The van der Waals surface area contributed by atoms with Crippen LogP contribution in [0.1, 0.15) is 75.3 Å². The molecule has 3 aliphatic rings. The van der Waals surface area contributed by atoms with Crippen LogP contribution < -0.4 is 24.3 Å². The topological polar surface area (TPSA) is 210 Å². The fraction of sp³-hybridized carbons (Fsp3) is 0.479. The Morgan fingerprint density at radius 2 is 1.74 bits per heavy atom. The molecule has 17 nitrogen and oxygen atoms in total. The Kier molecular flexibility index (Phi) is 16.8. The van der Waals surface area contributed by atoms with E-state index < -0.39 is 40.8 Å². The average Bonchev–Trinajstić information content (AvgIpc) is 3.31. The van der Waals surface area contributed by atoms with Crippen molar-refractivity contribution in [2.75, 3.05) is 53.0 Å². The van der Waals surface area contributed by atoms with Crippen LogP contribution in [-0.4, -0.2) is 97.5 Å². The van der Waals surface area contributed by atoms with E-state index in [9.17, 15) is 29.9 Å². The Labute approximate surface area is 379 Å². The number of carbonyl (C=O) groups is 2. The van der Waals surface area contributed by atoms with E-state index in [1.54, 1.807) is 53.4 Å². The van der Waals surface area contributed by atoms with Gasteiger partial charge in [0, 0.05) is 55.9 Å². The number of ether oxygens (including phenoxy) is 6. The van der Waals surface area contributed by atoms with Crippen molar-refractivity contribution in [2.45, 2.75) is 82.6 Å². The van der Waals surface area contributed by atoms with Gasteiger partial charge in [-0.25, -0.2) is 9.59 Å². The van der Waals surface area contributed by atoms with E-state index in [4.69, 9.17) is 38.4 Å². The number of benzene rings is 3. The number of fused-ring (bicyclic) bond motifs is 2. The van der Waals surface area contributed by atoms with E-state index >= 15 is 0 Å². The Balaban J connectivity index is 1.51. The number of nitro groups is 1. The first-order valence-electron chi connectivity index (χ1n) is 22.0. The van der Waals surface area contributed by atoms with Crippen LogP contribution >= 0.6 is 0 Å². The van der Waals surface area contributed by atoms with Crippen LogP contribution in [0.5, 0.6) is 23.0 Å². The van der Waals surface area contributed by atoms with Crippen LogP contribution in [0.2, 0.25) is 0 Å². The lowest BCUT2D eigenvalue weighted by Gasteiger charge is -2.59. The number of nitro benzene ring substituents is 1. The molecule has 1 fully saturated rings. The number of anilines is 1. The summed E-state index contributed by atoms with van der Waals surface area (Å²) in [5, 5.41) is 38.7. The minimum atomic E-state index is -1.52. The van der Waals surface area contributed by atoms with Crippen molar-refractivity contribution in [1.29, 1.82) is 0 Å². The van der Waals surface area contributed by atoms with Crippen LogP contribution in [0.4, 0.5) is 21.0 Å². The number of aliphatic hydroxyl groups excluding tert-OH is 2. The molecule has 1 aliphatic heterocycles. The summed E-state index contributed by atoms with van der Waals surface area (Å²) in [4.78, 5) is 46.0. The SMILES string of the molecule is C=CCOC12Oc3ccc(OC(=O)Nc4ccc(OC)cc4OC)cc3C3C(CCCCO)C(CCCCO)C=C(C(=NOCc4ccc([N+](=O)[O-])cc4)CC1N(CCC)C(=O)OC)C32. The third-order valence-corrected chi connectivity index (χ3v) is 12.3. The fourth-order valence-corrected chi connectivity index (χ4v) is 9.49. The van der Waals surface area contributed by atoms with Crippen molar-refractivity contribution in [3.8, 4) is 23.0 Å². The van der Waals surface area contributed by atoms with Gasteiger partial charge in [0.2, 0.25) is 5.79 Å². The lowest BCUT2D eigenvalue weighted by atomic mass is 9.55. The summed E-state index contributed by atoms with van der Waals surface area (Å²) in [7, 11) is 4.35. The van der Waals surface area contributed by atoms with Crippen LogP contribution in [-0.2, 0) is 20.9 Å².